The summed E-state index contributed by atoms with van der Waals surface area (Å²) in [5, 5.41) is 7.87. The van der Waals surface area contributed by atoms with Gasteiger partial charge >= 0.3 is 0 Å². The van der Waals surface area contributed by atoms with Gasteiger partial charge in [0.25, 0.3) is 11.8 Å². The van der Waals surface area contributed by atoms with Crippen LogP contribution in [0.5, 0.6) is 5.75 Å². The van der Waals surface area contributed by atoms with Crippen LogP contribution in [0, 0.1) is 12.7 Å². The molecule has 3 aromatic rings. The van der Waals surface area contributed by atoms with Gasteiger partial charge in [-0.15, -0.1) is 0 Å². The molecule has 200 valence electrons. The Morgan fingerprint density at radius 1 is 1.08 bits per heavy atom. The van der Waals surface area contributed by atoms with Gasteiger partial charge in [0.15, 0.2) is 12.3 Å². The highest BCUT2D eigenvalue weighted by molar-refractivity contribution is 5.97. The molecule has 1 aromatic carbocycles. The third kappa shape index (κ3) is 4.29. The molecule has 1 unspecified atom stereocenters. The van der Waals surface area contributed by atoms with E-state index in [1.54, 1.807) is 4.90 Å². The Morgan fingerprint density at radius 2 is 1.92 bits per heavy atom. The van der Waals surface area contributed by atoms with Crippen molar-refractivity contribution >= 4 is 29.1 Å². The normalized spacial score (nSPS) is 20.6. The summed E-state index contributed by atoms with van der Waals surface area (Å²) < 4.78 is 21.9. The van der Waals surface area contributed by atoms with Gasteiger partial charge in [0.05, 0.1) is 17.3 Å². The number of piperidine rings is 1. The Kier molecular flexibility index (Phi) is 6.29. The fourth-order valence-electron chi connectivity index (χ4n) is 5.62. The molecule has 2 fully saturated rings. The Bertz CT molecular complexity index is 1400. The number of aromatic nitrogens is 3. The zero-order chi connectivity index (χ0) is 26.4. The number of fused-ring (bicyclic) bond motifs is 4. The van der Waals surface area contributed by atoms with E-state index in [1.807, 2.05) is 17.6 Å². The number of hydrogen-bond donors (Lipinski definition) is 1. The number of anilines is 2. The number of rotatable bonds is 1. The summed E-state index contributed by atoms with van der Waals surface area (Å²) in [6.45, 7) is 5.18. The van der Waals surface area contributed by atoms with Gasteiger partial charge in [0.1, 0.15) is 23.2 Å². The molecule has 0 aliphatic carbocycles. The maximum atomic E-state index is 14.3. The number of likely N-dealkylation sites (N-methyl/N-ethyl adjacent to an activating group) is 1. The summed E-state index contributed by atoms with van der Waals surface area (Å²) in [7, 11) is 1.98. The minimum atomic E-state index is -0.535. The van der Waals surface area contributed by atoms with Gasteiger partial charge in [0, 0.05) is 51.4 Å². The number of amides is 2. The highest BCUT2D eigenvalue weighted by atomic mass is 19.1. The largest absolute Gasteiger partial charge is 0.483 e. The van der Waals surface area contributed by atoms with Crippen molar-refractivity contribution in [3.05, 3.63) is 46.9 Å². The van der Waals surface area contributed by atoms with Gasteiger partial charge in [-0.1, -0.05) is 0 Å². The Labute approximate surface area is 220 Å². The molecule has 6 rings (SSSR count). The maximum absolute atomic E-state index is 14.3. The molecular formula is C27H32FN7O3. The predicted molar refractivity (Wildman–Crippen MR) is 140 cm³/mol. The Balaban J connectivity index is 1.49. The monoisotopic (exact) mass is 521 g/mol. The first-order valence-corrected chi connectivity index (χ1v) is 13.3. The second-order valence-corrected chi connectivity index (χ2v) is 10.3. The quantitative estimate of drug-likeness (QED) is 0.526. The summed E-state index contributed by atoms with van der Waals surface area (Å²) >= 11 is 0. The molecule has 1 N–H and O–H groups in total. The Morgan fingerprint density at radius 3 is 2.71 bits per heavy atom. The molecule has 5 heterocycles. The van der Waals surface area contributed by atoms with Crippen molar-refractivity contribution in [2.45, 2.75) is 38.6 Å². The molecule has 3 aliphatic rings. The van der Waals surface area contributed by atoms with Gasteiger partial charge in [-0.05, 0) is 50.8 Å². The minimum Gasteiger partial charge on any atom is -0.483 e. The molecule has 0 saturated carbocycles. The number of carbonyl (C=O) groups excluding carboxylic acids is 2. The first-order chi connectivity index (χ1) is 18.4. The number of hydrogen-bond acceptors (Lipinski definition) is 7. The first kappa shape index (κ1) is 24.4. The lowest BCUT2D eigenvalue weighted by Crippen LogP contribution is -2.40. The third-order valence-electron chi connectivity index (χ3n) is 7.72. The van der Waals surface area contributed by atoms with Gasteiger partial charge in [-0.2, -0.15) is 9.61 Å². The van der Waals surface area contributed by atoms with E-state index in [1.165, 1.54) is 18.2 Å². The van der Waals surface area contributed by atoms with E-state index in [9.17, 15) is 14.0 Å². The lowest BCUT2D eigenvalue weighted by Gasteiger charge is -2.35. The molecule has 1 atom stereocenters. The van der Waals surface area contributed by atoms with Crippen LogP contribution in [0.4, 0.5) is 16.0 Å². The van der Waals surface area contributed by atoms with Gasteiger partial charge in [-0.25, -0.2) is 9.37 Å². The molecule has 38 heavy (non-hydrogen) atoms. The number of ether oxygens (including phenoxy) is 1. The number of benzene rings is 1. The smallest absolute Gasteiger partial charge is 0.258 e. The molecule has 11 heteroatoms. The lowest BCUT2D eigenvalue weighted by molar-refractivity contribution is -0.123. The third-order valence-corrected chi connectivity index (χ3v) is 7.72. The van der Waals surface area contributed by atoms with E-state index in [0.29, 0.717) is 19.6 Å². The predicted octanol–water partition coefficient (Wildman–Crippen LogP) is 2.70. The van der Waals surface area contributed by atoms with Crippen molar-refractivity contribution in [2.75, 3.05) is 56.2 Å². The zero-order valence-electron chi connectivity index (χ0n) is 21.7. The van der Waals surface area contributed by atoms with Crippen molar-refractivity contribution in [3.63, 3.8) is 0 Å². The number of nitrogens with zero attached hydrogens (tertiary/aromatic N) is 6. The lowest BCUT2D eigenvalue weighted by atomic mass is 9.98. The molecule has 2 saturated heterocycles. The molecule has 0 spiro atoms. The molecule has 3 aliphatic heterocycles. The topological polar surface area (TPSA) is 95.3 Å². The summed E-state index contributed by atoms with van der Waals surface area (Å²) in [5.41, 5.74) is 2.61. The standard InChI is InChI=1S/C27H32FN7O3/c1-17-25(33-10-5-11-33)30-23-15-20-21-6-3-4-12-34(21)27(37)19-14-18(28)7-8-22(19)38-16-24(36)29-9-13-32(2)26(17)35(23)31-20/h7-8,14-15,21H,3-6,9-13,16H2,1-2H3,(H,29,36). The minimum absolute atomic E-state index is 0.106. The van der Waals surface area contributed by atoms with Crippen LogP contribution in [-0.2, 0) is 4.79 Å². The van der Waals surface area contributed by atoms with Crippen molar-refractivity contribution in [2.24, 2.45) is 0 Å². The molecule has 2 bridgehead atoms. The molecule has 0 radical (unpaired) electrons. The van der Waals surface area contributed by atoms with E-state index in [2.05, 4.69) is 22.0 Å². The number of halogens is 1. The average molecular weight is 522 g/mol. The first-order valence-electron chi connectivity index (χ1n) is 13.3. The van der Waals surface area contributed by atoms with E-state index in [4.69, 9.17) is 14.8 Å². The summed E-state index contributed by atoms with van der Waals surface area (Å²) in [6, 6.07) is 5.52. The molecule has 2 aromatic heterocycles. The van der Waals surface area contributed by atoms with Crippen LogP contribution < -0.4 is 19.9 Å². The summed E-state index contributed by atoms with van der Waals surface area (Å²) in [4.78, 5) is 37.5. The van der Waals surface area contributed by atoms with Gasteiger partial charge in [-0.3, -0.25) is 9.59 Å². The average Bonchev–Trinajstić information content (AvgIpc) is 3.29. The van der Waals surface area contributed by atoms with Crippen LogP contribution in [0.25, 0.3) is 5.65 Å². The van der Waals surface area contributed by atoms with Crippen LogP contribution in [0.3, 0.4) is 0 Å². The highest BCUT2D eigenvalue weighted by Crippen LogP contribution is 2.36. The van der Waals surface area contributed by atoms with Crippen molar-refractivity contribution in [1.82, 2.24) is 24.8 Å². The van der Waals surface area contributed by atoms with Crippen LogP contribution >= 0.6 is 0 Å². The highest BCUT2D eigenvalue weighted by Gasteiger charge is 2.33. The van der Waals surface area contributed by atoms with Crippen molar-refractivity contribution in [3.8, 4) is 5.75 Å². The van der Waals surface area contributed by atoms with E-state index in [0.717, 1.165) is 67.3 Å². The number of nitrogens with one attached hydrogen (secondary N) is 1. The van der Waals surface area contributed by atoms with Crippen LogP contribution in [-0.4, -0.2) is 77.7 Å². The van der Waals surface area contributed by atoms with E-state index < -0.39 is 5.82 Å². The maximum Gasteiger partial charge on any atom is 0.258 e. The molecule has 10 nitrogen and oxygen atoms in total. The van der Waals surface area contributed by atoms with Crippen LogP contribution in [0.15, 0.2) is 24.3 Å². The van der Waals surface area contributed by atoms with Crippen LogP contribution in [0.1, 0.15) is 53.3 Å². The fourth-order valence-corrected chi connectivity index (χ4v) is 5.62. The van der Waals surface area contributed by atoms with E-state index in [-0.39, 0.29) is 35.8 Å². The second-order valence-electron chi connectivity index (χ2n) is 10.3. The SMILES string of the molecule is Cc1c(N2CCC2)nc2cc3nn2c1N(C)CCNC(=O)COc1ccc(F)cc1C(=O)N1CCCCC31. The van der Waals surface area contributed by atoms with Gasteiger partial charge in [0.2, 0.25) is 0 Å². The van der Waals surface area contributed by atoms with Crippen molar-refractivity contribution in [1.29, 1.82) is 0 Å². The van der Waals surface area contributed by atoms with Gasteiger partial charge < -0.3 is 24.8 Å². The Hall–Kier alpha value is -3.89. The molecular weight excluding hydrogens is 489 g/mol. The number of carbonyl (C=O) groups is 2. The van der Waals surface area contributed by atoms with Crippen molar-refractivity contribution < 1.29 is 18.7 Å². The summed E-state index contributed by atoms with van der Waals surface area (Å²) in [5.74, 6) is 0.843. The zero-order valence-corrected chi connectivity index (χ0v) is 21.7. The van der Waals surface area contributed by atoms with Crippen LogP contribution in [0.2, 0.25) is 0 Å². The summed E-state index contributed by atoms with van der Waals surface area (Å²) in [6.07, 6.45) is 3.67. The second kappa shape index (κ2) is 9.77. The molecule has 2 amide bonds. The fraction of sp³-hybridized carbons (Fsp3) is 0.481. The van der Waals surface area contributed by atoms with E-state index >= 15 is 0 Å².